The Kier molecular flexibility index (Phi) is 5.58. The third-order valence-electron chi connectivity index (χ3n) is 4.65. The van der Waals surface area contributed by atoms with Gasteiger partial charge in [-0.2, -0.15) is 4.68 Å². The third kappa shape index (κ3) is 4.29. The molecular formula is C20H21N7O5. The van der Waals surface area contributed by atoms with E-state index in [0.717, 1.165) is 0 Å². The van der Waals surface area contributed by atoms with Crippen molar-refractivity contribution in [3.63, 3.8) is 0 Å². The number of nitrogens with zero attached hydrogens (tertiary/aromatic N) is 7. The van der Waals surface area contributed by atoms with E-state index >= 15 is 0 Å². The van der Waals surface area contributed by atoms with Gasteiger partial charge in [-0.15, -0.1) is 0 Å². The summed E-state index contributed by atoms with van der Waals surface area (Å²) < 4.78 is 20.5. The minimum absolute atomic E-state index is 0.211. The smallest absolute Gasteiger partial charge is 0.415 e. The zero-order valence-electron chi connectivity index (χ0n) is 17.7. The molecule has 1 aliphatic rings. The maximum absolute atomic E-state index is 10.8. The molecule has 0 spiro atoms. The minimum atomic E-state index is -0.692. The van der Waals surface area contributed by atoms with Crippen LogP contribution in [0.3, 0.4) is 0 Å². The second-order valence-electron chi connectivity index (χ2n) is 7.27. The first-order valence-electron chi connectivity index (χ1n) is 9.80. The van der Waals surface area contributed by atoms with Crippen LogP contribution in [0.4, 0.5) is 5.82 Å². The maximum atomic E-state index is 10.8. The summed E-state index contributed by atoms with van der Waals surface area (Å²) in [6.07, 6.45) is 6.84. The fourth-order valence-corrected chi connectivity index (χ4v) is 3.14. The average Bonchev–Trinajstić information content (AvgIpc) is 3.46. The third-order valence-corrected chi connectivity index (χ3v) is 4.65. The molecule has 2 aromatic heterocycles. The SMILES string of the molecule is C/C=C\C(=C/C)Oc1nnnn1-c1ccc(OC[C@@]2(C)Cn3cc([N+](=O)[O-])nc3O2)cc1. The van der Waals surface area contributed by atoms with Crippen molar-refractivity contribution in [2.45, 2.75) is 32.9 Å². The Bertz CT molecular complexity index is 1160. The van der Waals surface area contributed by atoms with Crippen molar-refractivity contribution in [2.24, 2.45) is 0 Å². The number of benzene rings is 1. The van der Waals surface area contributed by atoms with Gasteiger partial charge in [-0.05, 0) is 72.5 Å². The number of allylic oxidation sites excluding steroid dienone is 3. The second-order valence-corrected chi connectivity index (χ2v) is 7.27. The van der Waals surface area contributed by atoms with Gasteiger partial charge in [0.25, 0.3) is 0 Å². The molecule has 0 aliphatic carbocycles. The Balaban J connectivity index is 1.39. The Hall–Kier alpha value is -4.22. The Morgan fingerprint density at radius 3 is 2.78 bits per heavy atom. The molecule has 1 aliphatic heterocycles. The number of hydrogen-bond donors (Lipinski definition) is 0. The molecule has 1 aromatic carbocycles. The molecule has 32 heavy (non-hydrogen) atoms. The van der Waals surface area contributed by atoms with Gasteiger partial charge in [0.2, 0.25) is 0 Å². The summed E-state index contributed by atoms with van der Waals surface area (Å²) in [5.41, 5.74) is 0.00638. The van der Waals surface area contributed by atoms with E-state index in [1.807, 2.05) is 39.0 Å². The van der Waals surface area contributed by atoms with E-state index in [4.69, 9.17) is 14.2 Å². The Morgan fingerprint density at radius 1 is 1.34 bits per heavy atom. The number of imidazole rings is 1. The molecule has 12 heteroatoms. The standard InChI is InChI=1S/C20H21N7O5/c1-4-6-15(5-2)31-19-22-23-24-26(19)14-7-9-16(10-8-14)30-13-20(3)12-25-11-17(27(28)29)21-18(25)32-20/h4-11H,12-13H2,1-3H3/b6-4-,15-5+/t20-/m1/s1. The molecule has 0 unspecified atom stereocenters. The lowest BCUT2D eigenvalue weighted by molar-refractivity contribution is -0.389. The summed E-state index contributed by atoms with van der Waals surface area (Å²) in [5, 5.41) is 22.4. The Labute approximate surface area is 182 Å². The lowest BCUT2D eigenvalue weighted by Crippen LogP contribution is -2.38. The average molecular weight is 439 g/mol. The highest BCUT2D eigenvalue weighted by molar-refractivity contribution is 5.38. The summed E-state index contributed by atoms with van der Waals surface area (Å²) in [5.74, 6) is 1.00. The molecule has 166 valence electrons. The first-order valence-corrected chi connectivity index (χ1v) is 9.80. The van der Waals surface area contributed by atoms with E-state index in [0.29, 0.717) is 23.7 Å². The molecule has 0 N–H and O–H groups in total. The van der Waals surface area contributed by atoms with Gasteiger partial charge < -0.3 is 24.3 Å². The minimum Gasteiger partial charge on any atom is -0.489 e. The molecule has 3 heterocycles. The molecule has 12 nitrogen and oxygen atoms in total. The first-order chi connectivity index (χ1) is 15.4. The molecule has 0 saturated heterocycles. The van der Waals surface area contributed by atoms with E-state index in [9.17, 15) is 10.1 Å². The summed E-state index contributed by atoms with van der Waals surface area (Å²) in [4.78, 5) is 14.2. The molecule has 3 aromatic rings. The van der Waals surface area contributed by atoms with Gasteiger partial charge in [-0.25, -0.2) is 0 Å². The second kappa shape index (κ2) is 8.49. The normalized spacial score (nSPS) is 17.9. The quantitative estimate of drug-likeness (QED) is 0.225. The Morgan fingerprint density at radius 2 is 2.12 bits per heavy atom. The predicted molar refractivity (Wildman–Crippen MR) is 112 cm³/mol. The number of aromatic nitrogens is 6. The van der Waals surface area contributed by atoms with Gasteiger partial charge in [0.1, 0.15) is 24.3 Å². The molecular weight excluding hydrogens is 418 g/mol. The summed E-state index contributed by atoms with van der Waals surface area (Å²) >= 11 is 0. The monoisotopic (exact) mass is 439 g/mol. The highest BCUT2D eigenvalue weighted by atomic mass is 16.6. The molecule has 4 rings (SSSR count). The van der Waals surface area contributed by atoms with Crippen molar-refractivity contribution in [1.29, 1.82) is 0 Å². The van der Waals surface area contributed by atoms with Gasteiger partial charge in [0, 0.05) is 4.98 Å². The van der Waals surface area contributed by atoms with Crippen LogP contribution in [-0.2, 0) is 6.54 Å². The molecule has 0 amide bonds. The number of nitro groups is 1. The number of tetrazole rings is 1. The van der Waals surface area contributed by atoms with Crippen molar-refractivity contribution in [2.75, 3.05) is 6.61 Å². The van der Waals surface area contributed by atoms with Gasteiger partial charge in [-0.1, -0.05) is 11.2 Å². The molecule has 0 bridgehead atoms. The number of ether oxygens (including phenoxy) is 3. The largest absolute Gasteiger partial charge is 0.489 e. The van der Waals surface area contributed by atoms with Gasteiger partial charge >= 0.3 is 17.8 Å². The van der Waals surface area contributed by atoms with Crippen LogP contribution in [0.15, 0.2) is 54.4 Å². The van der Waals surface area contributed by atoms with Gasteiger partial charge in [0.15, 0.2) is 5.60 Å². The van der Waals surface area contributed by atoms with E-state index in [-0.39, 0.29) is 24.4 Å². The zero-order chi connectivity index (χ0) is 22.7. The van der Waals surface area contributed by atoms with Crippen LogP contribution >= 0.6 is 0 Å². The fraction of sp³-hybridized carbons (Fsp3) is 0.300. The highest BCUT2D eigenvalue weighted by Gasteiger charge is 2.41. The highest BCUT2D eigenvalue weighted by Crippen LogP contribution is 2.31. The van der Waals surface area contributed by atoms with E-state index in [1.54, 1.807) is 28.8 Å². The van der Waals surface area contributed by atoms with Crippen LogP contribution in [0.2, 0.25) is 0 Å². The fourth-order valence-electron chi connectivity index (χ4n) is 3.14. The predicted octanol–water partition coefficient (Wildman–Crippen LogP) is 2.86. The van der Waals surface area contributed by atoms with Crippen molar-refractivity contribution < 1.29 is 19.1 Å². The maximum Gasteiger partial charge on any atom is 0.415 e. The molecule has 0 fully saturated rings. The first kappa shape index (κ1) is 21.0. The number of hydrogen-bond acceptors (Lipinski definition) is 9. The van der Waals surface area contributed by atoms with E-state index in [2.05, 4.69) is 20.5 Å². The van der Waals surface area contributed by atoms with Crippen LogP contribution in [0.1, 0.15) is 20.8 Å². The van der Waals surface area contributed by atoms with E-state index in [1.165, 1.54) is 10.9 Å². The van der Waals surface area contributed by atoms with Crippen molar-refractivity contribution in [3.8, 4) is 23.5 Å². The van der Waals surface area contributed by atoms with Crippen LogP contribution < -0.4 is 14.2 Å². The zero-order valence-corrected chi connectivity index (χ0v) is 17.7. The van der Waals surface area contributed by atoms with Crippen molar-refractivity contribution >= 4 is 5.82 Å². The van der Waals surface area contributed by atoms with Gasteiger partial charge in [0.05, 0.1) is 12.2 Å². The summed E-state index contributed by atoms with van der Waals surface area (Å²) in [6.45, 7) is 6.24. The van der Waals surface area contributed by atoms with Crippen LogP contribution in [0, 0.1) is 10.1 Å². The summed E-state index contributed by atoms with van der Waals surface area (Å²) in [7, 11) is 0. The lowest BCUT2D eigenvalue weighted by Gasteiger charge is -2.22. The molecule has 0 radical (unpaired) electrons. The van der Waals surface area contributed by atoms with Crippen LogP contribution in [-0.4, -0.2) is 46.9 Å². The van der Waals surface area contributed by atoms with Crippen LogP contribution in [0.5, 0.6) is 17.8 Å². The lowest BCUT2D eigenvalue weighted by atomic mass is 10.1. The molecule has 0 saturated carbocycles. The number of fused-ring (bicyclic) bond motifs is 1. The molecule has 1 atom stereocenters. The van der Waals surface area contributed by atoms with Crippen molar-refractivity contribution in [1.82, 2.24) is 29.8 Å². The number of rotatable bonds is 8. The summed E-state index contributed by atoms with van der Waals surface area (Å²) in [6, 6.07) is 7.62. The van der Waals surface area contributed by atoms with Crippen LogP contribution in [0.25, 0.3) is 5.69 Å². The van der Waals surface area contributed by atoms with Crippen molar-refractivity contribution in [3.05, 3.63) is 64.6 Å². The van der Waals surface area contributed by atoms with E-state index < -0.39 is 10.5 Å². The van der Waals surface area contributed by atoms with Gasteiger partial charge in [-0.3, -0.25) is 4.57 Å². The topological polar surface area (TPSA) is 132 Å².